The molecule has 0 amide bonds. The van der Waals surface area contributed by atoms with Crippen LogP contribution in [-0.2, 0) is 20.2 Å². The van der Waals surface area contributed by atoms with Crippen molar-refractivity contribution in [1.29, 1.82) is 0 Å². The standard InChI is InChI=1S/C10H12BrClO6S2/c11-8-1-2-9(10(12)5-8)7(6-20(16,17)18)3-4-19(13,14)15/h1-2,5,7H,3-4,6H2,(H,13,14,15)(H,16,17,18)/t7-/m1/s1. The molecule has 0 aromatic heterocycles. The van der Waals surface area contributed by atoms with Crippen molar-refractivity contribution in [3.05, 3.63) is 33.3 Å². The van der Waals surface area contributed by atoms with Crippen LogP contribution >= 0.6 is 27.5 Å². The van der Waals surface area contributed by atoms with E-state index in [1.165, 1.54) is 12.1 Å². The molecular formula is C10H12BrClO6S2. The molecule has 0 aliphatic rings. The fourth-order valence-corrected chi connectivity index (χ4v) is 3.97. The van der Waals surface area contributed by atoms with Gasteiger partial charge in [0.2, 0.25) is 0 Å². The third kappa shape index (κ3) is 6.51. The molecule has 114 valence electrons. The van der Waals surface area contributed by atoms with E-state index in [0.29, 0.717) is 10.0 Å². The van der Waals surface area contributed by atoms with E-state index in [1.54, 1.807) is 6.07 Å². The van der Waals surface area contributed by atoms with Crippen LogP contribution in [0.25, 0.3) is 0 Å². The van der Waals surface area contributed by atoms with Gasteiger partial charge in [-0.15, -0.1) is 0 Å². The lowest BCUT2D eigenvalue weighted by Gasteiger charge is -2.16. The Morgan fingerprint density at radius 3 is 2.20 bits per heavy atom. The predicted octanol–water partition coefficient (Wildman–Crippen LogP) is 2.35. The molecule has 0 saturated carbocycles. The van der Waals surface area contributed by atoms with Gasteiger partial charge in [0.1, 0.15) is 0 Å². The summed E-state index contributed by atoms with van der Waals surface area (Å²) in [6.45, 7) is 0. The smallest absolute Gasteiger partial charge is 0.265 e. The Labute approximate surface area is 130 Å². The van der Waals surface area contributed by atoms with Gasteiger partial charge in [0.05, 0.1) is 11.5 Å². The molecular weight excluding hydrogens is 396 g/mol. The molecule has 0 fully saturated rings. The van der Waals surface area contributed by atoms with Crippen molar-refractivity contribution in [1.82, 2.24) is 0 Å². The maximum atomic E-state index is 11.0. The Hall–Kier alpha value is -0.190. The van der Waals surface area contributed by atoms with Crippen LogP contribution in [0.4, 0.5) is 0 Å². The first-order valence-corrected chi connectivity index (χ1v) is 9.72. The average Bonchev–Trinajstić information content (AvgIpc) is 2.22. The summed E-state index contributed by atoms with van der Waals surface area (Å²) in [5.41, 5.74) is 0.385. The van der Waals surface area contributed by atoms with Crippen LogP contribution in [0.15, 0.2) is 22.7 Å². The van der Waals surface area contributed by atoms with Crippen molar-refractivity contribution in [2.75, 3.05) is 11.5 Å². The zero-order valence-electron chi connectivity index (χ0n) is 10.0. The molecule has 0 heterocycles. The van der Waals surface area contributed by atoms with E-state index in [9.17, 15) is 16.8 Å². The van der Waals surface area contributed by atoms with E-state index in [1.807, 2.05) is 0 Å². The lowest BCUT2D eigenvalue weighted by Crippen LogP contribution is -2.18. The van der Waals surface area contributed by atoms with Crippen LogP contribution in [0.5, 0.6) is 0 Å². The third-order valence-electron chi connectivity index (χ3n) is 2.54. The monoisotopic (exact) mass is 406 g/mol. The number of rotatable bonds is 6. The topological polar surface area (TPSA) is 109 Å². The average molecular weight is 408 g/mol. The largest absolute Gasteiger partial charge is 0.286 e. The Balaban J connectivity index is 3.09. The highest BCUT2D eigenvalue weighted by atomic mass is 79.9. The molecule has 1 rings (SSSR count). The summed E-state index contributed by atoms with van der Waals surface area (Å²) in [4.78, 5) is 0. The highest BCUT2D eigenvalue weighted by Gasteiger charge is 2.23. The van der Waals surface area contributed by atoms with Crippen LogP contribution in [0.3, 0.4) is 0 Å². The quantitative estimate of drug-likeness (QED) is 0.701. The first kappa shape index (κ1) is 17.9. The Morgan fingerprint density at radius 1 is 1.15 bits per heavy atom. The van der Waals surface area contributed by atoms with E-state index in [2.05, 4.69) is 15.9 Å². The Bertz CT molecular complexity index is 686. The summed E-state index contributed by atoms with van der Waals surface area (Å²) in [7, 11) is -8.55. The zero-order chi connectivity index (χ0) is 15.6. The summed E-state index contributed by atoms with van der Waals surface area (Å²) in [5, 5.41) is 0.239. The fourth-order valence-electron chi connectivity index (χ4n) is 1.71. The van der Waals surface area contributed by atoms with E-state index >= 15 is 0 Å². The maximum absolute atomic E-state index is 11.0. The lowest BCUT2D eigenvalue weighted by atomic mass is 9.98. The second-order valence-electron chi connectivity index (χ2n) is 4.19. The van der Waals surface area contributed by atoms with Crippen molar-refractivity contribution in [3.63, 3.8) is 0 Å². The van der Waals surface area contributed by atoms with Gasteiger partial charge in [-0.25, -0.2) is 0 Å². The molecule has 6 nitrogen and oxygen atoms in total. The molecule has 0 bridgehead atoms. The van der Waals surface area contributed by atoms with Crippen molar-refractivity contribution in [3.8, 4) is 0 Å². The van der Waals surface area contributed by atoms with Gasteiger partial charge in [-0.2, -0.15) is 16.8 Å². The lowest BCUT2D eigenvalue weighted by molar-refractivity contribution is 0.466. The van der Waals surface area contributed by atoms with Gasteiger partial charge >= 0.3 is 0 Å². The minimum atomic E-state index is -4.31. The summed E-state index contributed by atoms with van der Waals surface area (Å²) in [5.74, 6) is -2.14. The predicted molar refractivity (Wildman–Crippen MR) is 79.3 cm³/mol. The molecule has 1 aromatic carbocycles. The first-order chi connectivity index (χ1) is 8.98. The summed E-state index contributed by atoms with van der Waals surface area (Å²) in [6, 6.07) is 4.68. The summed E-state index contributed by atoms with van der Waals surface area (Å²) >= 11 is 9.17. The molecule has 0 saturated heterocycles. The van der Waals surface area contributed by atoms with Gasteiger partial charge in [0.15, 0.2) is 0 Å². The third-order valence-corrected chi connectivity index (χ3v) is 4.93. The number of halogens is 2. The molecule has 0 radical (unpaired) electrons. The van der Waals surface area contributed by atoms with Crippen molar-refractivity contribution >= 4 is 47.8 Å². The van der Waals surface area contributed by atoms with Gasteiger partial charge in [-0.1, -0.05) is 33.6 Å². The van der Waals surface area contributed by atoms with Gasteiger partial charge in [-0.05, 0) is 24.1 Å². The minimum absolute atomic E-state index is 0.181. The van der Waals surface area contributed by atoms with Crippen molar-refractivity contribution < 1.29 is 25.9 Å². The second kappa shape index (κ2) is 6.71. The van der Waals surface area contributed by atoms with Crippen molar-refractivity contribution in [2.24, 2.45) is 0 Å². The summed E-state index contributed by atoms with van der Waals surface area (Å²) in [6.07, 6.45) is -0.181. The first-order valence-electron chi connectivity index (χ1n) is 5.33. The normalized spacial score (nSPS) is 14.2. The molecule has 10 heteroatoms. The molecule has 0 aliphatic carbocycles. The van der Waals surface area contributed by atoms with E-state index in [0.717, 1.165) is 0 Å². The molecule has 1 atom stereocenters. The second-order valence-corrected chi connectivity index (χ2v) is 8.58. The molecule has 2 N–H and O–H groups in total. The number of benzene rings is 1. The Morgan fingerprint density at radius 2 is 1.75 bits per heavy atom. The van der Waals surface area contributed by atoms with Crippen molar-refractivity contribution in [2.45, 2.75) is 12.3 Å². The number of hydrogen-bond acceptors (Lipinski definition) is 4. The van der Waals surface area contributed by atoms with E-state index < -0.39 is 37.7 Å². The minimum Gasteiger partial charge on any atom is -0.286 e. The van der Waals surface area contributed by atoms with Crippen LogP contribution < -0.4 is 0 Å². The van der Waals surface area contributed by atoms with Gasteiger partial charge < -0.3 is 0 Å². The maximum Gasteiger partial charge on any atom is 0.265 e. The van der Waals surface area contributed by atoms with Crippen LogP contribution in [0.1, 0.15) is 17.9 Å². The van der Waals surface area contributed by atoms with Gasteiger partial charge in [0.25, 0.3) is 20.2 Å². The molecule has 1 aromatic rings. The van der Waals surface area contributed by atoms with Gasteiger partial charge in [-0.3, -0.25) is 9.11 Å². The molecule has 0 aliphatic heterocycles. The van der Waals surface area contributed by atoms with Crippen LogP contribution in [0.2, 0.25) is 5.02 Å². The van der Waals surface area contributed by atoms with Crippen LogP contribution in [-0.4, -0.2) is 37.4 Å². The highest BCUT2D eigenvalue weighted by Crippen LogP contribution is 2.31. The van der Waals surface area contributed by atoms with Gasteiger partial charge in [0, 0.05) is 15.4 Å². The highest BCUT2D eigenvalue weighted by molar-refractivity contribution is 9.10. The molecule has 0 unspecified atom stereocenters. The van der Waals surface area contributed by atoms with E-state index in [-0.39, 0.29) is 11.4 Å². The summed E-state index contributed by atoms with van der Waals surface area (Å²) < 4.78 is 61.9. The molecule has 20 heavy (non-hydrogen) atoms. The van der Waals surface area contributed by atoms with E-state index in [4.69, 9.17) is 20.7 Å². The zero-order valence-corrected chi connectivity index (χ0v) is 14.0. The fraction of sp³-hybridized carbons (Fsp3) is 0.400. The Kier molecular flexibility index (Phi) is 6.00. The van der Waals surface area contributed by atoms with Crippen LogP contribution in [0, 0.1) is 0 Å². The molecule has 0 spiro atoms. The number of hydrogen-bond donors (Lipinski definition) is 2. The SMILES string of the molecule is O=S(=O)(O)CC[C@H](CS(=O)(=O)O)c1ccc(Br)cc1Cl.